The van der Waals surface area contributed by atoms with Crippen LogP contribution in [0.15, 0.2) is 45.6 Å². The Morgan fingerprint density at radius 3 is 2.59 bits per heavy atom. The van der Waals surface area contributed by atoms with Crippen LogP contribution >= 0.6 is 11.3 Å². The molecule has 0 atom stereocenters. The van der Waals surface area contributed by atoms with Gasteiger partial charge in [-0.3, -0.25) is 10.2 Å². The number of aromatic carboxylic acids is 1. The summed E-state index contributed by atoms with van der Waals surface area (Å²) < 4.78 is 10.8. The minimum absolute atomic E-state index is 0.217. The van der Waals surface area contributed by atoms with Crippen molar-refractivity contribution in [3.8, 4) is 5.75 Å². The lowest BCUT2D eigenvalue weighted by Gasteiger charge is -2.17. The van der Waals surface area contributed by atoms with Gasteiger partial charge in [0.1, 0.15) is 16.3 Å². The maximum Gasteiger partial charge on any atom is 0.351 e. The molecular weight excluding hydrogens is 372 g/mol. The number of thiophene rings is 1. The van der Waals surface area contributed by atoms with Crippen LogP contribution in [0.25, 0.3) is 10.3 Å². The van der Waals surface area contributed by atoms with Crippen LogP contribution in [0.1, 0.15) is 17.3 Å². The Kier molecular flexibility index (Phi) is 5.13. The molecule has 1 aromatic carbocycles. The summed E-state index contributed by atoms with van der Waals surface area (Å²) >= 11 is 1.11. The molecule has 3 rings (SSSR count). The van der Waals surface area contributed by atoms with E-state index in [1.54, 1.807) is 31.3 Å². The fraction of sp³-hybridized carbons (Fsp3) is 0.167. The van der Waals surface area contributed by atoms with E-state index in [4.69, 9.17) is 14.3 Å². The van der Waals surface area contributed by atoms with E-state index in [-0.39, 0.29) is 5.58 Å². The summed E-state index contributed by atoms with van der Waals surface area (Å²) in [7, 11) is 1.61. The molecule has 27 heavy (non-hydrogen) atoms. The number of carbonyl (C=O) groups excluding carboxylic acids is 1. The van der Waals surface area contributed by atoms with Crippen LogP contribution in [-0.4, -0.2) is 30.8 Å². The minimum Gasteiger partial charge on any atom is -0.494 e. The van der Waals surface area contributed by atoms with Crippen LogP contribution in [0.5, 0.6) is 5.75 Å². The molecule has 0 spiro atoms. The summed E-state index contributed by atoms with van der Waals surface area (Å²) in [6, 6.07) is 9.37. The second-order valence-corrected chi connectivity index (χ2v) is 6.59. The smallest absolute Gasteiger partial charge is 0.351 e. The zero-order valence-corrected chi connectivity index (χ0v) is 15.3. The number of carbonyl (C=O) groups is 2. The van der Waals surface area contributed by atoms with Gasteiger partial charge in [-0.05, 0) is 37.3 Å². The number of ether oxygens (including phenoxy) is 1. The van der Waals surface area contributed by atoms with Gasteiger partial charge >= 0.3 is 17.6 Å². The number of nitrogens with one attached hydrogen (secondary N) is 1. The topological polar surface area (TPSA) is 109 Å². The number of carboxylic acid groups (broad SMARTS) is 1. The number of anilines is 2. The van der Waals surface area contributed by atoms with Crippen molar-refractivity contribution in [3.63, 3.8) is 0 Å². The summed E-state index contributed by atoms with van der Waals surface area (Å²) in [4.78, 5) is 36.5. The number of hydrogen-bond acceptors (Lipinski definition) is 6. The van der Waals surface area contributed by atoms with Gasteiger partial charge < -0.3 is 14.3 Å². The lowest BCUT2D eigenvalue weighted by Crippen LogP contribution is -2.30. The maximum absolute atomic E-state index is 12.4. The van der Waals surface area contributed by atoms with Gasteiger partial charge in [0.25, 0.3) is 0 Å². The standard InChI is InChI=1S/C18H16N2O6S/c1-3-25-11-6-4-10(5-7-11)20(2)18(24)19-15-9-13-14(27-15)8-12(16(21)22)17(23)26-13/h4-9H,3H2,1-2H3,(H,19,24)(H,21,22). The Morgan fingerprint density at radius 2 is 1.96 bits per heavy atom. The normalized spacial score (nSPS) is 10.6. The predicted molar refractivity (Wildman–Crippen MR) is 102 cm³/mol. The number of fused-ring (bicyclic) bond motifs is 1. The van der Waals surface area contributed by atoms with Crippen LogP contribution < -0.4 is 20.6 Å². The van der Waals surface area contributed by atoms with E-state index in [0.717, 1.165) is 11.3 Å². The summed E-state index contributed by atoms with van der Waals surface area (Å²) in [6.07, 6.45) is 0. The van der Waals surface area contributed by atoms with E-state index < -0.39 is 23.2 Å². The van der Waals surface area contributed by atoms with Gasteiger partial charge in [-0.2, -0.15) is 0 Å². The number of nitrogens with zero attached hydrogens (tertiary/aromatic N) is 1. The molecular formula is C18H16N2O6S. The van der Waals surface area contributed by atoms with Crippen LogP contribution in [0.3, 0.4) is 0 Å². The Balaban J connectivity index is 1.78. The fourth-order valence-corrected chi connectivity index (χ4v) is 3.28. The van der Waals surface area contributed by atoms with E-state index in [1.165, 1.54) is 17.0 Å². The van der Waals surface area contributed by atoms with Gasteiger partial charge in [-0.1, -0.05) is 0 Å². The molecule has 0 saturated heterocycles. The average molecular weight is 388 g/mol. The molecule has 3 aromatic rings. The second-order valence-electron chi connectivity index (χ2n) is 5.51. The Bertz CT molecular complexity index is 1050. The molecule has 2 aromatic heterocycles. The monoisotopic (exact) mass is 388 g/mol. The molecule has 8 nitrogen and oxygen atoms in total. The summed E-state index contributed by atoms with van der Waals surface area (Å²) in [5.74, 6) is -0.649. The van der Waals surface area contributed by atoms with Crippen molar-refractivity contribution < 1.29 is 23.8 Å². The number of amides is 2. The third-order valence-corrected chi connectivity index (χ3v) is 4.70. The van der Waals surface area contributed by atoms with Crippen molar-refractivity contribution in [1.82, 2.24) is 0 Å². The Labute approximate surface area is 157 Å². The molecule has 0 saturated carbocycles. The Morgan fingerprint density at radius 1 is 1.26 bits per heavy atom. The van der Waals surface area contributed by atoms with Crippen LogP contribution in [0.4, 0.5) is 15.5 Å². The van der Waals surface area contributed by atoms with Crippen molar-refractivity contribution in [3.05, 3.63) is 52.4 Å². The largest absolute Gasteiger partial charge is 0.494 e. The fourth-order valence-electron chi connectivity index (χ4n) is 2.36. The molecule has 0 fully saturated rings. The highest BCUT2D eigenvalue weighted by Crippen LogP contribution is 2.30. The zero-order chi connectivity index (χ0) is 19.6. The van der Waals surface area contributed by atoms with Gasteiger partial charge in [-0.25, -0.2) is 14.4 Å². The molecule has 0 aliphatic carbocycles. The van der Waals surface area contributed by atoms with Gasteiger partial charge in [0.2, 0.25) is 0 Å². The van der Waals surface area contributed by atoms with Crippen molar-refractivity contribution in [2.24, 2.45) is 0 Å². The van der Waals surface area contributed by atoms with E-state index >= 15 is 0 Å². The maximum atomic E-state index is 12.4. The van der Waals surface area contributed by atoms with Gasteiger partial charge in [0.05, 0.1) is 11.3 Å². The average Bonchev–Trinajstić information content (AvgIpc) is 3.02. The highest BCUT2D eigenvalue weighted by atomic mass is 32.1. The van der Waals surface area contributed by atoms with Crippen LogP contribution in [-0.2, 0) is 0 Å². The lowest BCUT2D eigenvalue weighted by atomic mass is 10.3. The minimum atomic E-state index is -1.36. The quantitative estimate of drug-likeness (QED) is 0.691. The van der Waals surface area contributed by atoms with E-state index in [9.17, 15) is 14.4 Å². The highest BCUT2D eigenvalue weighted by molar-refractivity contribution is 7.22. The van der Waals surface area contributed by atoms with Crippen LogP contribution in [0.2, 0.25) is 0 Å². The number of carboxylic acids is 1. The van der Waals surface area contributed by atoms with Gasteiger partial charge in [-0.15, -0.1) is 11.3 Å². The number of rotatable bonds is 5. The molecule has 2 heterocycles. The summed E-state index contributed by atoms with van der Waals surface area (Å²) in [5.41, 5.74) is -0.503. The molecule has 0 aliphatic rings. The third kappa shape index (κ3) is 3.93. The lowest BCUT2D eigenvalue weighted by molar-refractivity contribution is 0.0692. The zero-order valence-electron chi connectivity index (χ0n) is 14.5. The van der Waals surface area contributed by atoms with E-state index in [1.807, 2.05) is 6.92 Å². The van der Waals surface area contributed by atoms with Gasteiger partial charge in [0.15, 0.2) is 5.58 Å². The van der Waals surface area contributed by atoms with Crippen molar-refractivity contribution in [2.45, 2.75) is 6.92 Å². The van der Waals surface area contributed by atoms with Crippen molar-refractivity contribution >= 4 is 44.3 Å². The molecule has 0 aliphatic heterocycles. The SMILES string of the molecule is CCOc1ccc(N(C)C(=O)Nc2cc3oc(=O)c(C(=O)O)cc3s2)cc1. The molecule has 9 heteroatoms. The molecule has 2 amide bonds. The molecule has 140 valence electrons. The molecule has 0 bridgehead atoms. The van der Waals surface area contributed by atoms with E-state index in [2.05, 4.69) is 5.32 Å². The van der Waals surface area contributed by atoms with Gasteiger partial charge in [0, 0.05) is 18.8 Å². The van der Waals surface area contributed by atoms with Crippen molar-refractivity contribution in [2.75, 3.05) is 23.9 Å². The van der Waals surface area contributed by atoms with Crippen molar-refractivity contribution in [1.29, 1.82) is 0 Å². The molecule has 2 N–H and O–H groups in total. The number of urea groups is 1. The Hall–Kier alpha value is -3.33. The van der Waals surface area contributed by atoms with E-state index in [0.29, 0.717) is 27.7 Å². The van der Waals surface area contributed by atoms with Crippen LogP contribution in [0, 0.1) is 0 Å². The first-order valence-electron chi connectivity index (χ1n) is 7.97. The third-order valence-electron chi connectivity index (χ3n) is 3.72. The first-order chi connectivity index (χ1) is 12.9. The second kappa shape index (κ2) is 7.50. The molecule has 0 unspecified atom stereocenters. The number of benzene rings is 1. The number of hydrogen-bond donors (Lipinski definition) is 2. The molecule has 0 radical (unpaired) electrons. The summed E-state index contributed by atoms with van der Waals surface area (Å²) in [5, 5.41) is 12.1. The first-order valence-corrected chi connectivity index (χ1v) is 8.79. The first kappa shape index (κ1) is 18.5. The summed E-state index contributed by atoms with van der Waals surface area (Å²) in [6.45, 7) is 2.45. The highest BCUT2D eigenvalue weighted by Gasteiger charge is 2.17. The predicted octanol–water partition coefficient (Wildman–Crippen LogP) is 3.62.